The summed E-state index contributed by atoms with van der Waals surface area (Å²) in [5, 5.41) is 13.1. The third-order valence-electron chi connectivity index (χ3n) is 1.40. The number of hydrogen-bond acceptors (Lipinski definition) is 5. The molecule has 0 aliphatic rings. The Kier molecular flexibility index (Phi) is 4.74. The van der Waals surface area contributed by atoms with E-state index in [0.717, 1.165) is 5.03 Å². The summed E-state index contributed by atoms with van der Waals surface area (Å²) in [7, 11) is 1.82. The van der Waals surface area contributed by atoms with Crippen LogP contribution in [-0.2, 0) is 0 Å². The fraction of sp³-hybridized carbons (Fsp3) is 0.500. The Morgan fingerprint density at radius 3 is 3.08 bits per heavy atom. The Labute approximate surface area is 81.8 Å². The van der Waals surface area contributed by atoms with Crippen molar-refractivity contribution in [3.8, 4) is 0 Å². The van der Waals surface area contributed by atoms with Crippen LogP contribution in [0.5, 0.6) is 0 Å². The maximum atomic E-state index is 9.38. The molecule has 0 bridgehead atoms. The Morgan fingerprint density at radius 2 is 2.46 bits per heavy atom. The van der Waals surface area contributed by atoms with E-state index in [0.29, 0.717) is 12.3 Å². The summed E-state index contributed by atoms with van der Waals surface area (Å²) in [6.45, 7) is 0.604. The molecule has 0 radical (unpaired) electrons. The van der Waals surface area contributed by atoms with Crippen molar-refractivity contribution in [3.05, 3.63) is 18.6 Å². The van der Waals surface area contributed by atoms with Crippen LogP contribution in [-0.4, -0.2) is 40.5 Å². The molecule has 72 valence electrons. The SMILES string of the molecule is CNCC(O)CSc1cnccn1. The Bertz CT molecular complexity index is 232. The van der Waals surface area contributed by atoms with Gasteiger partial charge in [0.1, 0.15) is 5.03 Å². The van der Waals surface area contributed by atoms with Gasteiger partial charge in [0.25, 0.3) is 0 Å². The van der Waals surface area contributed by atoms with Gasteiger partial charge in [-0.3, -0.25) is 4.98 Å². The van der Waals surface area contributed by atoms with E-state index >= 15 is 0 Å². The van der Waals surface area contributed by atoms with E-state index in [1.165, 1.54) is 11.8 Å². The minimum Gasteiger partial charge on any atom is -0.391 e. The van der Waals surface area contributed by atoms with Gasteiger partial charge in [-0.25, -0.2) is 4.98 Å². The zero-order chi connectivity index (χ0) is 9.52. The Balaban J connectivity index is 2.27. The van der Waals surface area contributed by atoms with E-state index < -0.39 is 0 Å². The molecule has 1 atom stereocenters. The zero-order valence-corrected chi connectivity index (χ0v) is 8.29. The lowest BCUT2D eigenvalue weighted by atomic mass is 10.4. The molecule has 2 N–H and O–H groups in total. The predicted molar refractivity (Wildman–Crippen MR) is 52.7 cm³/mol. The number of rotatable bonds is 5. The lowest BCUT2D eigenvalue weighted by Gasteiger charge is -2.07. The van der Waals surface area contributed by atoms with E-state index in [4.69, 9.17) is 0 Å². The monoisotopic (exact) mass is 199 g/mol. The van der Waals surface area contributed by atoms with E-state index in [2.05, 4.69) is 15.3 Å². The standard InChI is InChI=1S/C8H13N3OS/c1-9-4-7(12)6-13-8-5-10-2-3-11-8/h2-3,5,7,9,12H,4,6H2,1H3. The fourth-order valence-corrected chi connectivity index (χ4v) is 1.59. The quantitative estimate of drug-likeness (QED) is 0.661. The third kappa shape index (κ3) is 4.21. The molecule has 1 heterocycles. The second-order valence-corrected chi connectivity index (χ2v) is 3.61. The third-order valence-corrected chi connectivity index (χ3v) is 2.46. The number of aromatic nitrogens is 2. The Morgan fingerprint density at radius 1 is 1.62 bits per heavy atom. The number of hydrogen-bond donors (Lipinski definition) is 2. The van der Waals surface area contributed by atoms with Crippen LogP contribution in [0.4, 0.5) is 0 Å². The van der Waals surface area contributed by atoms with Gasteiger partial charge in [-0.2, -0.15) is 0 Å². The molecule has 0 amide bonds. The molecule has 13 heavy (non-hydrogen) atoms. The summed E-state index contributed by atoms with van der Waals surface area (Å²) in [5.74, 6) is 0.638. The van der Waals surface area contributed by atoms with E-state index in [9.17, 15) is 5.11 Å². The first-order valence-corrected chi connectivity index (χ1v) is 5.03. The lowest BCUT2D eigenvalue weighted by molar-refractivity contribution is 0.199. The maximum absolute atomic E-state index is 9.38. The second kappa shape index (κ2) is 5.90. The molecule has 1 aromatic heterocycles. The maximum Gasteiger partial charge on any atom is 0.114 e. The summed E-state index contributed by atoms with van der Waals surface area (Å²) in [5.41, 5.74) is 0. The van der Waals surface area contributed by atoms with Crippen LogP contribution in [0.2, 0.25) is 0 Å². The van der Waals surface area contributed by atoms with Gasteiger partial charge in [-0.05, 0) is 7.05 Å². The van der Waals surface area contributed by atoms with Crippen molar-refractivity contribution in [1.82, 2.24) is 15.3 Å². The second-order valence-electron chi connectivity index (χ2n) is 2.57. The van der Waals surface area contributed by atoms with Crippen LogP contribution in [0, 0.1) is 0 Å². The zero-order valence-electron chi connectivity index (χ0n) is 7.47. The number of nitrogens with zero attached hydrogens (tertiary/aromatic N) is 2. The van der Waals surface area contributed by atoms with Gasteiger partial charge < -0.3 is 10.4 Å². The average Bonchev–Trinajstić information content (AvgIpc) is 2.17. The average molecular weight is 199 g/mol. The first-order valence-electron chi connectivity index (χ1n) is 4.04. The van der Waals surface area contributed by atoms with Crippen LogP contribution >= 0.6 is 11.8 Å². The summed E-state index contributed by atoms with van der Waals surface area (Å²) < 4.78 is 0. The highest BCUT2D eigenvalue weighted by Gasteiger charge is 2.03. The normalized spacial score (nSPS) is 12.8. The van der Waals surface area contributed by atoms with Crippen molar-refractivity contribution in [3.63, 3.8) is 0 Å². The van der Waals surface area contributed by atoms with Crippen molar-refractivity contribution >= 4 is 11.8 Å². The smallest absolute Gasteiger partial charge is 0.114 e. The first-order chi connectivity index (χ1) is 6.33. The van der Waals surface area contributed by atoms with E-state index in [-0.39, 0.29) is 6.10 Å². The highest BCUT2D eigenvalue weighted by molar-refractivity contribution is 7.99. The highest BCUT2D eigenvalue weighted by atomic mass is 32.2. The summed E-state index contributed by atoms with van der Waals surface area (Å²) in [6, 6.07) is 0. The predicted octanol–water partition coefficient (Wildman–Crippen LogP) is 0.149. The van der Waals surface area contributed by atoms with Crippen LogP contribution < -0.4 is 5.32 Å². The van der Waals surface area contributed by atoms with Gasteiger partial charge in [0.15, 0.2) is 0 Å². The molecular formula is C8H13N3OS. The first kappa shape index (κ1) is 10.4. The van der Waals surface area contributed by atoms with Gasteiger partial charge in [-0.15, -0.1) is 11.8 Å². The summed E-state index contributed by atoms with van der Waals surface area (Å²) >= 11 is 1.50. The summed E-state index contributed by atoms with van der Waals surface area (Å²) in [6.07, 6.45) is 4.63. The molecule has 1 rings (SSSR count). The molecule has 0 aromatic carbocycles. The fourth-order valence-electron chi connectivity index (χ4n) is 0.836. The van der Waals surface area contributed by atoms with E-state index in [1.54, 1.807) is 18.6 Å². The van der Waals surface area contributed by atoms with Gasteiger partial charge in [0, 0.05) is 24.7 Å². The van der Waals surface area contributed by atoms with Gasteiger partial charge in [-0.1, -0.05) is 0 Å². The van der Waals surface area contributed by atoms with Crippen LogP contribution in [0.25, 0.3) is 0 Å². The van der Waals surface area contributed by atoms with E-state index in [1.807, 2.05) is 7.05 Å². The van der Waals surface area contributed by atoms with Crippen LogP contribution in [0.3, 0.4) is 0 Å². The van der Waals surface area contributed by atoms with Crippen molar-refractivity contribution in [2.75, 3.05) is 19.3 Å². The largest absolute Gasteiger partial charge is 0.391 e. The molecule has 0 fully saturated rings. The number of nitrogens with one attached hydrogen (secondary N) is 1. The number of likely N-dealkylation sites (N-methyl/N-ethyl adjacent to an activating group) is 1. The molecule has 0 saturated carbocycles. The molecule has 0 aliphatic carbocycles. The minimum atomic E-state index is -0.336. The van der Waals surface area contributed by atoms with Crippen LogP contribution in [0.1, 0.15) is 0 Å². The number of aliphatic hydroxyl groups excluding tert-OH is 1. The molecule has 1 aromatic rings. The van der Waals surface area contributed by atoms with Crippen molar-refractivity contribution in [2.45, 2.75) is 11.1 Å². The molecule has 1 unspecified atom stereocenters. The topological polar surface area (TPSA) is 58.0 Å². The molecule has 0 spiro atoms. The van der Waals surface area contributed by atoms with Crippen molar-refractivity contribution in [2.24, 2.45) is 0 Å². The summed E-state index contributed by atoms with van der Waals surface area (Å²) in [4.78, 5) is 8.01. The number of thioether (sulfide) groups is 1. The van der Waals surface area contributed by atoms with Crippen molar-refractivity contribution < 1.29 is 5.11 Å². The highest BCUT2D eigenvalue weighted by Crippen LogP contribution is 2.13. The van der Waals surface area contributed by atoms with Crippen LogP contribution in [0.15, 0.2) is 23.6 Å². The van der Waals surface area contributed by atoms with Gasteiger partial charge in [0.05, 0.1) is 12.3 Å². The van der Waals surface area contributed by atoms with Gasteiger partial charge in [0.2, 0.25) is 0 Å². The molecule has 0 aliphatic heterocycles. The van der Waals surface area contributed by atoms with Crippen molar-refractivity contribution in [1.29, 1.82) is 0 Å². The number of aliphatic hydroxyl groups is 1. The minimum absolute atomic E-state index is 0.336. The molecular weight excluding hydrogens is 186 g/mol. The molecule has 0 saturated heterocycles. The van der Waals surface area contributed by atoms with Gasteiger partial charge >= 0.3 is 0 Å². The Hall–Kier alpha value is -0.650. The molecule has 5 heteroatoms. The molecule has 4 nitrogen and oxygen atoms in total. The lowest BCUT2D eigenvalue weighted by Crippen LogP contribution is -2.25.